The number of methoxy groups -OCH3 is 2. The molecular formula is C32H38N6O4S. The van der Waals surface area contributed by atoms with E-state index in [1.807, 2.05) is 30.5 Å². The van der Waals surface area contributed by atoms with Crippen molar-refractivity contribution in [2.75, 3.05) is 51.9 Å². The van der Waals surface area contributed by atoms with Crippen molar-refractivity contribution in [2.45, 2.75) is 43.7 Å². The molecule has 0 unspecified atom stereocenters. The van der Waals surface area contributed by atoms with Crippen LogP contribution in [-0.2, 0) is 27.7 Å². The molecule has 0 amide bonds. The van der Waals surface area contributed by atoms with Crippen LogP contribution < -0.4 is 15.0 Å². The lowest BCUT2D eigenvalue weighted by molar-refractivity contribution is 0.189. The topological polar surface area (TPSA) is 110 Å². The summed E-state index contributed by atoms with van der Waals surface area (Å²) in [5.74, 6) is 1.41. The molecule has 10 nitrogen and oxygen atoms in total. The van der Waals surface area contributed by atoms with E-state index in [4.69, 9.17) is 14.5 Å². The number of ether oxygens (including phenoxy) is 2. The first-order chi connectivity index (χ1) is 20.9. The molecule has 2 aliphatic rings. The Morgan fingerprint density at radius 2 is 1.79 bits per heavy atom. The third kappa shape index (κ3) is 6.08. The van der Waals surface area contributed by atoms with E-state index in [-0.39, 0.29) is 0 Å². The molecule has 226 valence electrons. The number of pyridine rings is 1. The molecule has 0 bridgehead atoms. The Kier molecular flexibility index (Phi) is 8.58. The van der Waals surface area contributed by atoms with E-state index >= 15 is 0 Å². The molecule has 11 heteroatoms. The summed E-state index contributed by atoms with van der Waals surface area (Å²) in [5.41, 5.74) is 6.15. The molecule has 2 aromatic heterocycles. The molecule has 0 radical (unpaired) electrons. The molecule has 1 saturated heterocycles. The molecule has 1 fully saturated rings. The van der Waals surface area contributed by atoms with Crippen LogP contribution >= 0.6 is 0 Å². The van der Waals surface area contributed by atoms with Crippen LogP contribution in [0.3, 0.4) is 0 Å². The van der Waals surface area contributed by atoms with Gasteiger partial charge in [-0.1, -0.05) is 6.07 Å². The van der Waals surface area contributed by atoms with Gasteiger partial charge in [0.15, 0.2) is 0 Å². The Hall–Kier alpha value is -3.64. The van der Waals surface area contributed by atoms with Crippen LogP contribution in [0.2, 0.25) is 0 Å². The Morgan fingerprint density at radius 3 is 2.53 bits per heavy atom. The molecule has 4 aromatic rings. The number of aromatic nitrogens is 3. The highest BCUT2D eigenvalue weighted by molar-refractivity contribution is 7.89. The first-order valence-corrected chi connectivity index (χ1v) is 16.2. The molecule has 1 N–H and O–H groups in total. The van der Waals surface area contributed by atoms with Gasteiger partial charge in [-0.15, -0.1) is 0 Å². The number of hydrogen-bond donors (Lipinski definition) is 1. The highest BCUT2D eigenvalue weighted by Gasteiger charge is 2.30. The Labute approximate surface area is 253 Å². The van der Waals surface area contributed by atoms with Gasteiger partial charge in [0, 0.05) is 69.1 Å². The summed E-state index contributed by atoms with van der Waals surface area (Å²) in [4.78, 5) is 16.3. The average molecular weight is 603 g/mol. The predicted octanol–water partition coefficient (Wildman–Crippen LogP) is 3.96. The second kappa shape index (κ2) is 12.5. The van der Waals surface area contributed by atoms with E-state index in [0.717, 1.165) is 71.3 Å². The monoisotopic (exact) mass is 602 g/mol. The number of nitrogens with zero attached hydrogens (tertiary/aromatic N) is 5. The van der Waals surface area contributed by atoms with Gasteiger partial charge in [0.1, 0.15) is 12.1 Å². The lowest BCUT2D eigenvalue weighted by Gasteiger charge is -2.33. The number of nitrogens with one attached hydrogen (secondary N) is 1. The van der Waals surface area contributed by atoms with E-state index in [1.165, 1.54) is 5.56 Å². The number of rotatable bonds is 9. The van der Waals surface area contributed by atoms with Crippen LogP contribution in [0.15, 0.2) is 59.9 Å². The summed E-state index contributed by atoms with van der Waals surface area (Å²) in [5, 5.41) is 4.42. The largest absolute Gasteiger partial charge is 0.481 e. The molecule has 0 atom stereocenters. The Morgan fingerprint density at radius 1 is 0.953 bits per heavy atom. The summed E-state index contributed by atoms with van der Waals surface area (Å²) >= 11 is 0. The predicted molar refractivity (Wildman–Crippen MR) is 167 cm³/mol. The molecule has 0 aliphatic carbocycles. The van der Waals surface area contributed by atoms with Crippen molar-refractivity contribution in [1.29, 1.82) is 0 Å². The van der Waals surface area contributed by atoms with Crippen LogP contribution in [0.1, 0.15) is 29.5 Å². The number of anilines is 1. The van der Waals surface area contributed by atoms with E-state index < -0.39 is 10.0 Å². The maximum atomic E-state index is 13.7. The van der Waals surface area contributed by atoms with Gasteiger partial charge in [0.05, 0.1) is 24.1 Å². The van der Waals surface area contributed by atoms with Crippen LogP contribution in [0.25, 0.3) is 22.0 Å². The van der Waals surface area contributed by atoms with Crippen LogP contribution in [0.5, 0.6) is 5.88 Å². The van der Waals surface area contributed by atoms with Crippen molar-refractivity contribution in [1.82, 2.24) is 24.6 Å². The molecule has 2 aliphatic heterocycles. The van der Waals surface area contributed by atoms with Gasteiger partial charge in [-0.2, -0.15) is 4.31 Å². The quantitative estimate of drug-likeness (QED) is 0.285. The van der Waals surface area contributed by atoms with Crippen LogP contribution in [0, 0.1) is 6.92 Å². The minimum absolute atomic E-state index is 0.312. The Balaban J connectivity index is 1.24. The number of hydrogen-bond acceptors (Lipinski definition) is 9. The highest BCUT2D eigenvalue weighted by atomic mass is 32.2. The molecule has 43 heavy (non-hydrogen) atoms. The second-order valence-corrected chi connectivity index (χ2v) is 13.1. The molecule has 2 aromatic carbocycles. The summed E-state index contributed by atoms with van der Waals surface area (Å²) in [6, 6.07) is 14.0. The molecule has 0 saturated carbocycles. The molecule has 0 spiro atoms. The molecule has 4 heterocycles. The standard InChI is InChI=1S/C32H38N6O4S/c1-22-16-25(24-5-7-30(42-3)34-19-24)18-29-31(22)35-21-36-32(29)37-12-8-23-4-6-28(17-26(23)20-37)43(39,40)38-13-9-27(10-14-38)33-11-15-41-2/h4-7,16-19,21,27,33H,8-15,20H2,1-3H3. The SMILES string of the molecule is COCCNC1CCN(S(=O)(=O)c2ccc3c(c2)CN(c2ncnc4c(C)cc(-c5ccc(OC)nc5)cc24)CC3)CC1. The number of sulfonamides is 1. The fourth-order valence-corrected chi connectivity index (χ4v) is 7.63. The number of aryl methyl sites for hydroxylation is 1. The first kappa shape index (κ1) is 29.4. The lowest BCUT2D eigenvalue weighted by Crippen LogP contribution is -2.45. The summed E-state index contributed by atoms with van der Waals surface area (Å²) in [7, 11) is -0.298. The van der Waals surface area contributed by atoms with Crippen molar-refractivity contribution in [3.63, 3.8) is 0 Å². The minimum atomic E-state index is -3.59. The first-order valence-electron chi connectivity index (χ1n) is 14.7. The zero-order chi connectivity index (χ0) is 30.0. The zero-order valence-corrected chi connectivity index (χ0v) is 25.7. The third-order valence-electron chi connectivity index (χ3n) is 8.51. The fourth-order valence-electron chi connectivity index (χ4n) is 6.11. The molecule has 6 rings (SSSR count). The van der Waals surface area contributed by atoms with Crippen molar-refractivity contribution in [2.24, 2.45) is 0 Å². The highest BCUT2D eigenvalue weighted by Crippen LogP contribution is 2.34. The van der Waals surface area contributed by atoms with E-state index in [2.05, 4.69) is 39.2 Å². The zero-order valence-electron chi connectivity index (χ0n) is 24.9. The van der Waals surface area contributed by atoms with E-state index in [1.54, 1.807) is 30.9 Å². The summed E-state index contributed by atoms with van der Waals surface area (Å²) < 4.78 is 39.3. The third-order valence-corrected chi connectivity index (χ3v) is 10.4. The Bertz CT molecular complexity index is 1710. The van der Waals surface area contributed by atoms with Gasteiger partial charge in [0.2, 0.25) is 15.9 Å². The van der Waals surface area contributed by atoms with Gasteiger partial charge < -0.3 is 19.7 Å². The van der Waals surface area contributed by atoms with Gasteiger partial charge in [0.25, 0.3) is 0 Å². The smallest absolute Gasteiger partial charge is 0.243 e. The van der Waals surface area contributed by atoms with Gasteiger partial charge in [-0.05, 0) is 78.8 Å². The normalized spacial score (nSPS) is 16.4. The number of fused-ring (bicyclic) bond motifs is 2. The second-order valence-electron chi connectivity index (χ2n) is 11.2. The lowest BCUT2D eigenvalue weighted by atomic mass is 9.98. The molecular weight excluding hydrogens is 564 g/mol. The van der Waals surface area contributed by atoms with Gasteiger partial charge in [-0.25, -0.2) is 23.4 Å². The van der Waals surface area contributed by atoms with Gasteiger partial charge in [-0.3, -0.25) is 0 Å². The fraction of sp³-hybridized carbons (Fsp3) is 0.406. The average Bonchev–Trinajstić information content (AvgIpc) is 3.04. The van der Waals surface area contributed by atoms with Crippen molar-refractivity contribution in [3.05, 3.63) is 71.7 Å². The van der Waals surface area contributed by atoms with E-state index in [9.17, 15) is 8.42 Å². The van der Waals surface area contributed by atoms with E-state index in [0.29, 0.717) is 43.1 Å². The van der Waals surface area contributed by atoms with Crippen molar-refractivity contribution >= 4 is 26.7 Å². The summed E-state index contributed by atoms with van der Waals surface area (Å²) in [6.07, 6.45) is 5.81. The van der Waals surface area contributed by atoms with Crippen molar-refractivity contribution < 1.29 is 17.9 Å². The van der Waals surface area contributed by atoms with Crippen LogP contribution in [0.4, 0.5) is 5.82 Å². The maximum Gasteiger partial charge on any atom is 0.243 e. The maximum absolute atomic E-state index is 13.7. The number of piperidine rings is 1. The minimum Gasteiger partial charge on any atom is -0.481 e. The number of benzene rings is 2. The van der Waals surface area contributed by atoms with Crippen LogP contribution in [-0.4, -0.2) is 80.7 Å². The van der Waals surface area contributed by atoms with Gasteiger partial charge >= 0.3 is 0 Å². The van der Waals surface area contributed by atoms with Crippen molar-refractivity contribution in [3.8, 4) is 17.0 Å². The summed E-state index contributed by atoms with van der Waals surface area (Å²) in [6.45, 7) is 5.85.